The first-order valence-electron chi connectivity index (χ1n) is 11.3. The van der Waals surface area contributed by atoms with Crippen LogP contribution < -0.4 is 16.5 Å². The fraction of sp³-hybridized carbons (Fsp3) is 0.727. The van der Waals surface area contributed by atoms with Crippen molar-refractivity contribution < 1.29 is 9.94 Å². The van der Waals surface area contributed by atoms with Crippen LogP contribution in [0.15, 0.2) is 28.2 Å². The molecule has 30 heavy (non-hydrogen) atoms. The molecule has 6 N–H and O–H groups in total. The number of hydroxylamine groups is 1. The third kappa shape index (κ3) is 4.98. The Morgan fingerprint density at radius 2 is 2.13 bits per heavy atom. The standard InChI is InChI=1S/C22H38N6O2/c1-4-22(14-29)13-28(11-10-19(22)26-17-8-6-5-7-9-17)20(24)18(12-15(2)23)21-25-16(3)27-30-21/h12,17,19,24,26,29H,4-11,13-14,23H2,1-3H3,(H,25,27)/b15-12-,21-18+,24-20?. The average Bonchev–Trinajstić information content (AvgIpc) is 3.18. The fourth-order valence-corrected chi connectivity index (χ4v) is 4.86. The first-order chi connectivity index (χ1) is 14.4. The molecule has 168 valence electrons. The van der Waals surface area contributed by atoms with Crippen LogP contribution in [0.25, 0.3) is 0 Å². The van der Waals surface area contributed by atoms with Gasteiger partial charge in [0, 0.05) is 36.3 Å². The number of nitrogens with two attached hydrogens (primary N) is 1. The molecule has 0 amide bonds. The summed E-state index contributed by atoms with van der Waals surface area (Å²) in [6.07, 6.45) is 9.83. The molecule has 0 radical (unpaired) electrons. The van der Waals surface area contributed by atoms with Crippen molar-refractivity contribution in [2.45, 2.75) is 77.8 Å². The molecular weight excluding hydrogens is 380 g/mol. The zero-order chi connectivity index (χ0) is 21.7. The lowest BCUT2D eigenvalue weighted by Crippen LogP contribution is -2.61. The van der Waals surface area contributed by atoms with Crippen molar-refractivity contribution in [2.75, 3.05) is 19.7 Å². The Bertz CT molecular complexity index is 715. The topological polar surface area (TPSA) is 119 Å². The molecular formula is C22H38N6O2. The molecule has 0 aromatic carbocycles. The van der Waals surface area contributed by atoms with Crippen LogP contribution in [0.1, 0.15) is 65.7 Å². The number of aliphatic hydroxyl groups excluding tert-OH is 1. The van der Waals surface area contributed by atoms with Crippen LogP contribution >= 0.6 is 0 Å². The molecule has 1 saturated heterocycles. The number of hydrogen-bond donors (Lipinski definition) is 5. The zero-order valence-electron chi connectivity index (χ0n) is 18.6. The summed E-state index contributed by atoms with van der Waals surface area (Å²) in [5.41, 5.74) is 9.52. The number of aliphatic imine (C=N–C) groups is 1. The van der Waals surface area contributed by atoms with Gasteiger partial charge in [0.2, 0.25) is 0 Å². The van der Waals surface area contributed by atoms with Gasteiger partial charge in [-0.2, -0.15) is 4.99 Å². The molecule has 2 heterocycles. The first kappa shape index (κ1) is 22.6. The second-order valence-electron chi connectivity index (χ2n) is 9.00. The Hall–Kier alpha value is -2.06. The van der Waals surface area contributed by atoms with Crippen LogP contribution in [0.3, 0.4) is 0 Å². The van der Waals surface area contributed by atoms with Crippen molar-refractivity contribution in [3.8, 4) is 0 Å². The van der Waals surface area contributed by atoms with Gasteiger partial charge in [0.1, 0.15) is 11.7 Å². The summed E-state index contributed by atoms with van der Waals surface area (Å²) in [6, 6.07) is 0.801. The van der Waals surface area contributed by atoms with Gasteiger partial charge >= 0.3 is 0 Å². The Morgan fingerprint density at radius 3 is 2.70 bits per heavy atom. The minimum Gasteiger partial charge on any atom is -0.402 e. The number of rotatable bonds is 6. The van der Waals surface area contributed by atoms with E-state index < -0.39 is 0 Å². The van der Waals surface area contributed by atoms with E-state index in [-0.39, 0.29) is 18.1 Å². The largest absolute Gasteiger partial charge is 0.402 e. The van der Waals surface area contributed by atoms with E-state index in [2.05, 4.69) is 22.7 Å². The summed E-state index contributed by atoms with van der Waals surface area (Å²) in [5.74, 6) is 1.33. The molecule has 3 rings (SSSR count). The third-order valence-corrected chi connectivity index (χ3v) is 6.73. The quantitative estimate of drug-likeness (QED) is 0.334. The molecule has 0 bridgehead atoms. The van der Waals surface area contributed by atoms with Gasteiger partial charge in [-0.05, 0) is 45.6 Å². The van der Waals surface area contributed by atoms with E-state index in [9.17, 15) is 5.11 Å². The molecule has 8 heteroatoms. The summed E-state index contributed by atoms with van der Waals surface area (Å²) >= 11 is 0. The number of piperidine rings is 1. The highest BCUT2D eigenvalue weighted by molar-refractivity contribution is 5.99. The van der Waals surface area contributed by atoms with Crippen molar-refractivity contribution in [1.29, 1.82) is 5.41 Å². The van der Waals surface area contributed by atoms with Crippen molar-refractivity contribution in [1.82, 2.24) is 15.7 Å². The van der Waals surface area contributed by atoms with Crippen LogP contribution in [0.2, 0.25) is 0 Å². The van der Waals surface area contributed by atoms with E-state index in [0.717, 1.165) is 19.4 Å². The minimum atomic E-state index is -0.285. The average molecular weight is 419 g/mol. The van der Waals surface area contributed by atoms with Crippen LogP contribution in [0, 0.1) is 10.8 Å². The Kier molecular flexibility index (Phi) is 7.41. The lowest BCUT2D eigenvalue weighted by Gasteiger charge is -2.49. The molecule has 0 aromatic rings. The monoisotopic (exact) mass is 418 g/mol. The van der Waals surface area contributed by atoms with E-state index in [1.165, 1.54) is 32.1 Å². The van der Waals surface area contributed by atoms with Gasteiger partial charge < -0.3 is 25.9 Å². The maximum atomic E-state index is 10.4. The van der Waals surface area contributed by atoms with Gasteiger partial charge in [-0.15, -0.1) is 0 Å². The summed E-state index contributed by atoms with van der Waals surface area (Å²) < 4.78 is 0. The van der Waals surface area contributed by atoms with E-state index in [1.807, 2.05) is 11.8 Å². The normalized spacial score (nSPS) is 29.9. The SMILES string of the molecule is CCC1(CO)CN(C(=N)C(/C=C(/C)N)=C2\N=C(C)NO2)CCC1NC1CCCCC1. The number of allylic oxidation sites excluding steroid dienone is 1. The van der Waals surface area contributed by atoms with Crippen LogP contribution in [0.4, 0.5) is 0 Å². The van der Waals surface area contributed by atoms with Gasteiger partial charge in [-0.1, -0.05) is 26.2 Å². The lowest BCUT2D eigenvalue weighted by molar-refractivity contribution is 0.0158. The van der Waals surface area contributed by atoms with E-state index >= 15 is 0 Å². The van der Waals surface area contributed by atoms with Crippen LogP contribution in [-0.2, 0) is 4.84 Å². The highest BCUT2D eigenvalue weighted by Gasteiger charge is 2.43. The van der Waals surface area contributed by atoms with Gasteiger partial charge in [0.25, 0.3) is 5.88 Å². The van der Waals surface area contributed by atoms with Gasteiger partial charge in [0.15, 0.2) is 0 Å². The molecule has 2 unspecified atom stereocenters. The van der Waals surface area contributed by atoms with Gasteiger partial charge in [-0.25, -0.2) is 5.48 Å². The highest BCUT2D eigenvalue weighted by Crippen LogP contribution is 2.36. The van der Waals surface area contributed by atoms with Crippen molar-refractivity contribution in [2.24, 2.45) is 16.1 Å². The molecule has 2 atom stereocenters. The number of aliphatic hydroxyl groups is 1. The Balaban J connectivity index is 1.80. The summed E-state index contributed by atoms with van der Waals surface area (Å²) in [6.45, 7) is 7.20. The highest BCUT2D eigenvalue weighted by atomic mass is 16.7. The van der Waals surface area contributed by atoms with E-state index in [0.29, 0.717) is 41.4 Å². The second-order valence-corrected chi connectivity index (χ2v) is 9.00. The Morgan fingerprint density at radius 1 is 1.40 bits per heavy atom. The molecule has 1 saturated carbocycles. The molecule has 2 fully saturated rings. The molecule has 3 aliphatic rings. The summed E-state index contributed by atoms with van der Waals surface area (Å²) in [7, 11) is 0. The molecule has 1 aliphatic carbocycles. The minimum absolute atomic E-state index is 0.102. The number of hydrogen-bond acceptors (Lipinski definition) is 7. The molecule has 0 aromatic heterocycles. The van der Waals surface area contributed by atoms with Crippen LogP contribution in [0.5, 0.6) is 0 Å². The fourth-order valence-electron chi connectivity index (χ4n) is 4.86. The maximum absolute atomic E-state index is 10.4. The number of nitrogens with one attached hydrogen (secondary N) is 3. The molecule has 8 nitrogen and oxygen atoms in total. The second kappa shape index (κ2) is 9.83. The number of nitrogens with zero attached hydrogens (tertiary/aromatic N) is 2. The van der Waals surface area contributed by atoms with Crippen molar-refractivity contribution in [3.05, 3.63) is 23.2 Å². The molecule has 2 aliphatic heterocycles. The summed E-state index contributed by atoms with van der Waals surface area (Å²) in [5, 5.41) is 23.2. The molecule has 0 spiro atoms. The van der Waals surface area contributed by atoms with Crippen molar-refractivity contribution >= 4 is 11.7 Å². The lowest BCUT2D eigenvalue weighted by atomic mass is 9.73. The third-order valence-electron chi connectivity index (χ3n) is 6.73. The van der Waals surface area contributed by atoms with E-state index in [1.54, 1.807) is 13.0 Å². The van der Waals surface area contributed by atoms with Gasteiger partial charge in [-0.3, -0.25) is 5.41 Å². The number of amidine groups is 2. The summed E-state index contributed by atoms with van der Waals surface area (Å²) in [4.78, 5) is 11.9. The maximum Gasteiger partial charge on any atom is 0.258 e. The van der Waals surface area contributed by atoms with Crippen LogP contribution in [-0.4, -0.2) is 53.5 Å². The Labute approximate surface area is 180 Å². The number of likely N-dealkylation sites (tertiary alicyclic amines) is 1. The smallest absolute Gasteiger partial charge is 0.258 e. The van der Waals surface area contributed by atoms with E-state index in [4.69, 9.17) is 16.0 Å². The predicted molar refractivity (Wildman–Crippen MR) is 120 cm³/mol. The van der Waals surface area contributed by atoms with Crippen molar-refractivity contribution in [3.63, 3.8) is 0 Å². The predicted octanol–water partition coefficient (Wildman–Crippen LogP) is 2.38. The van der Waals surface area contributed by atoms with Gasteiger partial charge in [0.05, 0.1) is 12.2 Å². The zero-order valence-corrected chi connectivity index (χ0v) is 18.6. The first-order valence-corrected chi connectivity index (χ1v) is 11.3.